The van der Waals surface area contributed by atoms with Gasteiger partial charge in [0.15, 0.2) is 0 Å². The second-order valence-electron chi connectivity index (χ2n) is 3.34. The molecule has 0 saturated heterocycles. The molecule has 0 saturated carbocycles. The summed E-state index contributed by atoms with van der Waals surface area (Å²) in [5.41, 5.74) is -1.09. The van der Waals surface area contributed by atoms with Crippen molar-refractivity contribution in [3.8, 4) is 5.75 Å². The van der Waals surface area contributed by atoms with E-state index in [2.05, 4.69) is 5.32 Å². The molecule has 1 aromatic carbocycles. The molecule has 1 aromatic rings. The zero-order valence-corrected chi connectivity index (χ0v) is 8.58. The number of halogens is 3. The average molecular weight is 249 g/mol. The number of benzene rings is 1. The summed E-state index contributed by atoms with van der Waals surface area (Å²) in [7, 11) is 0. The van der Waals surface area contributed by atoms with Gasteiger partial charge in [0.1, 0.15) is 5.75 Å². The number of hydrogen-bond acceptors (Lipinski definition) is 3. The van der Waals surface area contributed by atoms with Crippen LogP contribution in [0.1, 0.15) is 11.1 Å². The van der Waals surface area contributed by atoms with Gasteiger partial charge >= 0.3 is 12.1 Å². The van der Waals surface area contributed by atoms with Crippen LogP contribution in [0.15, 0.2) is 18.2 Å². The minimum absolute atomic E-state index is 0.114. The highest BCUT2D eigenvalue weighted by atomic mass is 19.4. The second kappa shape index (κ2) is 5.05. The van der Waals surface area contributed by atoms with Gasteiger partial charge in [-0.3, -0.25) is 4.79 Å². The summed E-state index contributed by atoms with van der Waals surface area (Å²) in [6.07, 6.45) is -4.58. The highest BCUT2D eigenvalue weighted by Crippen LogP contribution is 2.34. The molecule has 0 radical (unpaired) electrons. The molecule has 0 unspecified atom stereocenters. The Morgan fingerprint density at radius 1 is 1.35 bits per heavy atom. The quantitative estimate of drug-likeness (QED) is 0.757. The van der Waals surface area contributed by atoms with E-state index in [0.717, 1.165) is 12.1 Å². The maximum atomic E-state index is 12.6. The molecule has 4 nitrogen and oxygen atoms in total. The van der Waals surface area contributed by atoms with Gasteiger partial charge in [-0.25, -0.2) is 0 Å². The molecule has 17 heavy (non-hydrogen) atoms. The summed E-state index contributed by atoms with van der Waals surface area (Å²) in [5.74, 6) is -1.64. The molecular formula is C10H10F3NO3. The van der Waals surface area contributed by atoms with Crippen LogP contribution in [-0.4, -0.2) is 22.7 Å². The lowest BCUT2D eigenvalue weighted by molar-refractivity contribution is -0.138. The first kappa shape index (κ1) is 13.3. The first-order valence-electron chi connectivity index (χ1n) is 4.62. The van der Waals surface area contributed by atoms with Crippen LogP contribution in [0.2, 0.25) is 0 Å². The molecule has 0 bridgehead atoms. The summed E-state index contributed by atoms with van der Waals surface area (Å²) in [6, 6.07) is 2.83. The summed E-state index contributed by atoms with van der Waals surface area (Å²) in [4.78, 5) is 10.2. The Balaban J connectivity index is 2.87. The number of phenols is 1. The van der Waals surface area contributed by atoms with E-state index in [9.17, 15) is 18.0 Å². The standard InChI is InChI=1S/C10H10F3NO3/c11-10(12,13)8-3-7(15)2-1-6(8)4-14-5-9(16)17/h1-3,14-15H,4-5H2,(H,16,17). The van der Waals surface area contributed by atoms with Crippen LogP contribution < -0.4 is 5.32 Å². The molecule has 7 heteroatoms. The van der Waals surface area contributed by atoms with Gasteiger partial charge in [-0.15, -0.1) is 0 Å². The zero-order chi connectivity index (χ0) is 13.1. The SMILES string of the molecule is O=C(O)CNCc1ccc(O)cc1C(F)(F)F. The van der Waals surface area contributed by atoms with Crippen molar-refractivity contribution < 1.29 is 28.2 Å². The normalized spacial score (nSPS) is 11.5. The minimum Gasteiger partial charge on any atom is -0.508 e. The molecular weight excluding hydrogens is 239 g/mol. The van der Waals surface area contributed by atoms with Crippen molar-refractivity contribution in [2.24, 2.45) is 0 Å². The predicted octanol–water partition coefficient (Wildman–Crippen LogP) is 1.59. The lowest BCUT2D eigenvalue weighted by Crippen LogP contribution is -2.23. The highest BCUT2D eigenvalue weighted by Gasteiger charge is 2.33. The zero-order valence-electron chi connectivity index (χ0n) is 8.58. The van der Waals surface area contributed by atoms with Gasteiger partial charge < -0.3 is 15.5 Å². The number of alkyl halides is 3. The van der Waals surface area contributed by atoms with E-state index in [0.29, 0.717) is 6.07 Å². The lowest BCUT2D eigenvalue weighted by atomic mass is 10.1. The number of aromatic hydroxyl groups is 1. The van der Waals surface area contributed by atoms with Gasteiger partial charge in [-0.05, 0) is 17.7 Å². The molecule has 0 aliphatic carbocycles. The monoisotopic (exact) mass is 249 g/mol. The van der Waals surface area contributed by atoms with E-state index in [-0.39, 0.29) is 12.1 Å². The summed E-state index contributed by atoms with van der Waals surface area (Å²) in [5, 5.41) is 19.7. The van der Waals surface area contributed by atoms with Gasteiger partial charge in [-0.1, -0.05) is 6.07 Å². The van der Waals surface area contributed by atoms with Crippen LogP contribution in [0.25, 0.3) is 0 Å². The first-order chi connectivity index (χ1) is 7.80. The molecule has 94 valence electrons. The van der Waals surface area contributed by atoms with Gasteiger partial charge in [0.2, 0.25) is 0 Å². The van der Waals surface area contributed by atoms with Gasteiger partial charge in [0, 0.05) is 6.54 Å². The average Bonchev–Trinajstić information content (AvgIpc) is 2.18. The Kier molecular flexibility index (Phi) is 3.95. The molecule has 0 spiro atoms. The van der Waals surface area contributed by atoms with Crippen molar-refractivity contribution >= 4 is 5.97 Å². The number of carbonyl (C=O) groups is 1. The van der Waals surface area contributed by atoms with Crippen LogP contribution in [0, 0.1) is 0 Å². The fraction of sp³-hybridized carbons (Fsp3) is 0.300. The molecule has 0 fully saturated rings. The Morgan fingerprint density at radius 3 is 2.53 bits per heavy atom. The van der Waals surface area contributed by atoms with Gasteiger partial charge in [0.05, 0.1) is 12.1 Å². The fourth-order valence-corrected chi connectivity index (χ4v) is 1.29. The van der Waals surface area contributed by atoms with Crippen LogP contribution >= 0.6 is 0 Å². The van der Waals surface area contributed by atoms with Crippen LogP contribution in [-0.2, 0) is 17.5 Å². The maximum absolute atomic E-state index is 12.6. The van der Waals surface area contributed by atoms with E-state index in [4.69, 9.17) is 10.2 Å². The Hall–Kier alpha value is -1.76. The van der Waals surface area contributed by atoms with Crippen molar-refractivity contribution in [2.75, 3.05) is 6.54 Å². The molecule has 0 aliphatic heterocycles. The molecule has 0 aliphatic rings. The third-order valence-corrected chi connectivity index (χ3v) is 1.99. The van der Waals surface area contributed by atoms with Crippen molar-refractivity contribution in [3.63, 3.8) is 0 Å². The predicted molar refractivity (Wildman–Crippen MR) is 52.5 cm³/mol. The number of phenolic OH excluding ortho intramolecular Hbond substituents is 1. The van der Waals surface area contributed by atoms with Gasteiger partial charge in [0.25, 0.3) is 0 Å². The molecule has 0 heterocycles. The number of nitrogens with one attached hydrogen (secondary N) is 1. The number of carboxylic acids is 1. The maximum Gasteiger partial charge on any atom is 0.416 e. The summed E-state index contributed by atoms with van der Waals surface area (Å²) in [6.45, 7) is -0.667. The van der Waals surface area contributed by atoms with E-state index in [1.54, 1.807) is 0 Å². The molecule has 0 atom stereocenters. The molecule has 0 aromatic heterocycles. The fourth-order valence-electron chi connectivity index (χ4n) is 1.29. The third kappa shape index (κ3) is 3.95. The minimum atomic E-state index is -4.58. The summed E-state index contributed by atoms with van der Waals surface area (Å²) < 4.78 is 37.7. The number of aliphatic carboxylic acids is 1. The van der Waals surface area contributed by atoms with Crippen LogP contribution in [0.5, 0.6) is 5.75 Å². The van der Waals surface area contributed by atoms with Gasteiger partial charge in [-0.2, -0.15) is 13.2 Å². The molecule has 1 rings (SSSR count). The van der Waals surface area contributed by atoms with E-state index in [1.807, 2.05) is 0 Å². The van der Waals surface area contributed by atoms with Crippen molar-refractivity contribution in [3.05, 3.63) is 29.3 Å². The Labute approximate surface area is 94.7 Å². The Morgan fingerprint density at radius 2 is 2.00 bits per heavy atom. The molecule has 0 amide bonds. The lowest BCUT2D eigenvalue weighted by Gasteiger charge is -2.13. The van der Waals surface area contributed by atoms with Crippen LogP contribution in [0.4, 0.5) is 13.2 Å². The van der Waals surface area contributed by atoms with Crippen LogP contribution in [0.3, 0.4) is 0 Å². The first-order valence-corrected chi connectivity index (χ1v) is 4.62. The van der Waals surface area contributed by atoms with Crippen molar-refractivity contribution in [2.45, 2.75) is 12.7 Å². The van der Waals surface area contributed by atoms with E-state index >= 15 is 0 Å². The van der Waals surface area contributed by atoms with Crippen molar-refractivity contribution in [1.82, 2.24) is 5.32 Å². The second-order valence-corrected chi connectivity index (χ2v) is 3.34. The highest BCUT2D eigenvalue weighted by molar-refractivity contribution is 5.69. The topological polar surface area (TPSA) is 69.6 Å². The third-order valence-electron chi connectivity index (χ3n) is 1.99. The largest absolute Gasteiger partial charge is 0.508 e. The van der Waals surface area contributed by atoms with Crippen molar-refractivity contribution in [1.29, 1.82) is 0 Å². The van der Waals surface area contributed by atoms with E-state index in [1.165, 1.54) is 0 Å². The smallest absolute Gasteiger partial charge is 0.416 e. The number of rotatable bonds is 4. The summed E-state index contributed by atoms with van der Waals surface area (Å²) >= 11 is 0. The molecule has 3 N–H and O–H groups in total. The Bertz CT molecular complexity index is 418. The number of hydrogen-bond donors (Lipinski definition) is 3. The number of carboxylic acid groups (broad SMARTS) is 1. The van der Waals surface area contributed by atoms with E-state index < -0.39 is 30.0 Å².